The number of fused-ring (bicyclic) bond motifs is 1. The molecule has 0 aliphatic heterocycles. The van der Waals surface area contributed by atoms with Crippen molar-refractivity contribution >= 4 is 29.4 Å². The van der Waals surface area contributed by atoms with Crippen molar-refractivity contribution in [1.29, 1.82) is 0 Å². The third-order valence-corrected chi connectivity index (χ3v) is 8.05. The monoisotopic (exact) mass is 510 g/mol. The molecule has 0 radical (unpaired) electrons. The second kappa shape index (κ2) is 13.7. The maximum atomic E-state index is 13.3. The quantitative estimate of drug-likeness (QED) is 0.215. The van der Waals surface area contributed by atoms with Crippen molar-refractivity contribution in [2.45, 2.75) is 94.6 Å². The summed E-state index contributed by atoms with van der Waals surface area (Å²) in [5, 5.41) is 12.6. The number of carbonyl (C=O) groups is 2. The van der Waals surface area contributed by atoms with Crippen LogP contribution in [0, 0.1) is 0 Å². The standard InChI is InChI=1S/C30H42N2O3S/c1-4-5-6-7-10-19-32(29(35)31-26-17-16-24-13-8-9-14-25(24)22-26)20-18-23-12-11-15-27(21-23)36-30(2,3)28(33)34/h11-12,15-17,21-22H,4-10,13-14,18-20H2,1-3H3,(H,31,35)(H,33,34). The number of benzene rings is 2. The molecule has 2 aromatic carbocycles. The van der Waals surface area contributed by atoms with Crippen molar-refractivity contribution in [2.24, 2.45) is 0 Å². The fraction of sp³-hybridized carbons (Fsp3) is 0.533. The fourth-order valence-corrected chi connectivity index (χ4v) is 5.64. The number of thioether (sulfide) groups is 1. The van der Waals surface area contributed by atoms with E-state index < -0.39 is 10.7 Å². The van der Waals surface area contributed by atoms with Gasteiger partial charge in [-0.3, -0.25) is 4.79 Å². The molecule has 5 nitrogen and oxygen atoms in total. The van der Waals surface area contributed by atoms with Crippen LogP contribution >= 0.6 is 11.8 Å². The minimum atomic E-state index is -0.891. The van der Waals surface area contributed by atoms with Crippen LogP contribution in [0.3, 0.4) is 0 Å². The van der Waals surface area contributed by atoms with E-state index in [1.807, 2.05) is 23.1 Å². The predicted molar refractivity (Wildman–Crippen MR) is 150 cm³/mol. The Bertz CT molecular complexity index is 1020. The SMILES string of the molecule is CCCCCCCN(CCc1cccc(SC(C)(C)C(=O)O)c1)C(=O)Nc1ccc2c(c1)CCCC2. The van der Waals surface area contributed by atoms with Gasteiger partial charge in [0.25, 0.3) is 0 Å². The molecule has 0 aromatic heterocycles. The number of carboxylic acid groups (broad SMARTS) is 1. The number of unbranched alkanes of at least 4 members (excludes halogenated alkanes) is 4. The first kappa shape index (κ1) is 28.1. The molecular formula is C30H42N2O3S. The molecule has 0 heterocycles. The fourth-order valence-electron chi connectivity index (χ4n) is 4.60. The van der Waals surface area contributed by atoms with Gasteiger partial charge in [-0.15, -0.1) is 11.8 Å². The van der Waals surface area contributed by atoms with Crippen LogP contribution in [0.25, 0.3) is 0 Å². The average Bonchev–Trinajstić information content (AvgIpc) is 2.85. The number of aliphatic carboxylic acids is 1. The number of rotatable bonds is 13. The summed E-state index contributed by atoms with van der Waals surface area (Å²) in [6.45, 7) is 7.01. The Balaban J connectivity index is 1.64. The zero-order valence-corrected chi connectivity index (χ0v) is 23.0. The topological polar surface area (TPSA) is 69.6 Å². The van der Waals surface area contributed by atoms with Crippen LogP contribution in [0.4, 0.5) is 10.5 Å². The molecule has 6 heteroatoms. The van der Waals surface area contributed by atoms with Crippen molar-refractivity contribution in [3.05, 3.63) is 59.2 Å². The third-order valence-electron chi connectivity index (χ3n) is 6.88. The van der Waals surface area contributed by atoms with Gasteiger partial charge >= 0.3 is 12.0 Å². The van der Waals surface area contributed by atoms with Crippen LogP contribution in [0.15, 0.2) is 47.4 Å². The second-order valence-corrected chi connectivity index (χ2v) is 12.0. The number of urea groups is 1. The number of nitrogens with zero attached hydrogens (tertiary/aromatic N) is 1. The Morgan fingerprint density at radius 1 is 0.972 bits per heavy atom. The molecule has 2 N–H and O–H groups in total. The Labute approximate surface area is 221 Å². The number of hydrogen-bond acceptors (Lipinski definition) is 3. The van der Waals surface area contributed by atoms with Crippen molar-refractivity contribution < 1.29 is 14.7 Å². The molecule has 196 valence electrons. The first-order valence-corrected chi connectivity index (χ1v) is 14.3. The highest BCUT2D eigenvalue weighted by Gasteiger charge is 2.28. The molecule has 0 atom stereocenters. The van der Waals surface area contributed by atoms with Gasteiger partial charge in [0, 0.05) is 23.7 Å². The van der Waals surface area contributed by atoms with E-state index in [-0.39, 0.29) is 6.03 Å². The molecule has 1 aliphatic rings. The van der Waals surface area contributed by atoms with Gasteiger partial charge in [-0.2, -0.15) is 0 Å². The largest absolute Gasteiger partial charge is 0.480 e. The number of carboxylic acids is 1. The van der Waals surface area contributed by atoms with Crippen LogP contribution in [0.5, 0.6) is 0 Å². The zero-order chi connectivity index (χ0) is 26.0. The van der Waals surface area contributed by atoms with Crippen LogP contribution in [0.1, 0.15) is 82.4 Å². The minimum Gasteiger partial charge on any atom is -0.480 e. The summed E-state index contributed by atoms with van der Waals surface area (Å²) < 4.78 is -0.891. The van der Waals surface area contributed by atoms with E-state index in [1.54, 1.807) is 13.8 Å². The second-order valence-electron chi connectivity index (χ2n) is 10.3. The maximum absolute atomic E-state index is 13.3. The zero-order valence-electron chi connectivity index (χ0n) is 22.1. The van der Waals surface area contributed by atoms with E-state index in [4.69, 9.17) is 0 Å². The first-order chi connectivity index (χ1) is 17.3. The molecular weight excluding hydrogens is 468 g/mol. The summed E-state index contributed by atoms with van der Waals surface area (Å²) in [5.74, 6) is -0.828. The smallest absolute Gasteiger partial charge is 0.321 e. The third kappa shape index (κ3) is 8.58. The summed E-state index contributed by atoms with van der Waals surface area (Å²) >= 11 is 1.35. The van der Waals surface area contributed by atoms with E-state index in [9.17, 15) is 14.7 Å². The minimum absolute atomic E-state index is 0.0428. The molecule has 1 aliphatic carbocycles. The van der Waals surface area contributed by atoms with Gasteiger partial charge in [0.15, 0.2) is 0 Å². The highest BCUT2D eigenvalue weighted by atomic mass is 32.2. The molecule has 0 unspecified atom stereocenters. The van der Waals surface area contributed by atoms with Crippen molar-refractivity contribution in [2.75, 3.05) is 18.4 Å². The van der Waals surface area contributed by atoms with Crippen LogP contribution < -0.4 is 5.32 Å². The molecule has 2 aromatic rings. The summed E-state index contributed by atoms with van der Waals surface area (Å²) in [7, 11) is 0. The lowest BCUT2D eigenvalue weighted by Crippen LogP contribution is -2.37. The lowest BCUT2D eigenvalue weighted by atomic mass is 9.91. The Hall–Kier alpha value is -2.47. The number of aryl methyl sites for hydroxylation is 2. The Morgan fingerprint density at radius 3 is 2.47 bits per heavy atom. The van der Waals surface area contributed by atoms with Gasteiger partial charge in [-0.05, 0) is 93.3 Å². The van der Waals surface area contributed by atoms with Crippen molar-refractivity contribution in [1.82, 2.24) is 4.90 Å². The highest BCUT2D eigenvalue weighted by Crippen LogP contribution is 2.33. The van der Waals surface area contributed by atoms with Crippen molar-refractivity contribution in [3.63, 3.8) is 0 Å². The van der Waals surface area contributed by atoms with Crippen LogP contribution in [-0.2, 0) is 24.1 Å². The van der Waals surface area contributed by atoms with Gasteiger partial charge in [0.1, 0.15) is 4.75 Å². The van der Waals surface area contributed by atoms with E-state index in [1.165, 1.54) is 55.0 Å². The molecule has 0 saturated carbocycles. The lowest BCUT2D eigenvalue weighted by molar-refractivity contribution is -0.138. The van der Waals surface area contributed by atoms with Gasteiger partial charge < -0.3 is 15.3 Å². The number of carbonyl (C=O) groups excluding carboxylic acids is 1. The van der Waals surface area contributed by atoms with E-state index in [0.29, 0.717) is 6.54 Å². The molecule has 36 heavy (non-hydrogen) atoms. The first-order valence-electron chi connectivity index (χ1n) is 13.5. The Morgan fingerprint density at radius 2 is 1.72 bits per heavy atom. The molecule has 0 spiro atoms. The number of nitrogens with one attached hydrogen (secondary N) is 1. The number of amides is 2. The van der Waals surface area contributed by atoms with E-state index >= 15 is 0 Å². The van der Waals surface area contributed by atoms with Crippen LogP contribution in [0.2, 0.25) is 0 Å². The molecule has 0 bridgehead atoms. The van der Waals surface area contributed by atoms with E-state index in [0.717, 1.165) is 54.8 Å². The van der Waals surface area contributed by atoms with E-state index in [2.05, 4.69) is 36.5 Å². The summed E-state index contributed by atoms with van der Waals surface area (Å²) in [4.78, 5) is 27.7. The Kier molecular flexibility index (Phi) is 10.7. The number of anilines is 1. The van der Waals surface area contributed by atoms with Gasteiger partial charge in [0.05, 0.1) is 0 Å². The molecule has 0 fully saturated rings. The summed E-state index contributed by atoms with van der Waals surface area (Å²) in [5.41, 5.74) is 4.77. The summed E-state index contributed by atoms with van der Waals surface area (Å²) in [6.07, 6.45) is 11.2. The van der Waals surface area contributed by atoms with Crippen molar-refractivity contribution in [3.8, 4) is 0 Å². The molecule has 0 saturated heterocycles. The average molecular weight is 511 g/mol. The highest BCUT2D eigenvalue weighted by molar-refractivity contribution is 8.01. The van der Waals surface area contributed by atoms with Gasteiger partial charge in [-0.25, -0.2) is 4.79 Å². The molecule has 2 amide bonds. The van der Waals surface area contributed by atoms with Gasteiger partial charge in [0.2, 0.25) is 0 Å². The normalized spacial score (nSPS) is 13.2. The lowest BCUT2D eigenvalue weighted by Gasteiger charge is -2.24. The maximum Gasteiger partial charge on any atom is 0.321 e. The summed E-state index contributed by atoms with van der Waals surface area (Å²) in [6, 6.07) is 14.3. The predicted octanol–water partition coefficient (Wildman–Crippen LogP) is 7.57. The number of hydrogen-bond donors (Lipinski definition) is 2. The van der Waals surface area contributed by atoms with Crippen LogP contribution in [-0.4, -0.2) is 39.8 Å². The molecule has 3 rings (SSSR count). The van der Waals surface area contributed by atoms with Gasteiger partial charge in [-0.1, -0.05) is 50.8 Å².